The van der Waals surface area contributed by atoms with E-state index in [0.29, 0.717) is 37.4 Å². The van der Waals surface area contributed by atoms with Gasteiger partial charge in [0.25, 0.3) is 0 Å². The average Bonchev–Trinajstić information content (AvgIpc) is 3.04. The monoisotopic (exact) mass is 646 g/mol. The number of rotatable bonds is 27. The van der Waals surface area contributed by atoms with Crippen LogP contribution in [-0.2, 0) is 30.3 Å². The molecule has 0 fully saturated rings. The molecule has 0 aromatic heterocycles. The second-order valence-corrected chi connectivity index (χ2v) is 11.9. The Kier molecular flexibility index (Phi) is 21.3. The number of aliphatic carboxylic acids is 1. The van der Waals surface area contributed by atoms with Gasteiger partial charge in [-0.3, -0.25) is 14.4 Å². The Morgan fingerprint density at radius 3 is 2.04 bits per heavy atom. The summed E-state index contributed by atoms with van der Waals surface area (Å²) >= 11 is 0. The molecule has 0 unspecified atom stereocenters. The number of hydrogen-bond donors (Lipinski definition) is 4. The predicted octanol–water partition coefficient (Wildman–Crippen LogP) is 5.54. The number of ether oxygens (including phenoxy) is 2. The Morgan fingerprint density at radius 2 is 1.48 bits per heavy atom. The van der Waals surface area contributed by atoms with Gasteiger partial charge >= 0.3 is 5.97 Å². The zero-order valence-electron chi connectivity index (χ0n) is 28.5. The molecule has 0 aliphatic rings. The number of unbranched alkanes of at least 4 members (excludes halogenated alkanes) is 9. The van der Waals surface area contributed by atoms with Crippen LogP contribution in [0.1, 0.15) is 109 Å². The third-order valence-corrected chi connectivity index (χ3v) is 8.00. The third-order valence-electron chi connectivity index (χ3n) is 8.00. The van der Waals surface area contributed by atoms with Crippen molar-refractivity contribution >= 4 is 23.6 Å². The second-order valence-electron chi connectivity index (χ2n) is 11.9. The number of aliphatic hydroxyl groups is 1. The van der Waals surface area contributed by atoms with Gasteiger partial charge in [-0.25, -0.2) is 4.79 Å². The van der Waals surface area contributed by atoms with E-state index in [9.17, 15) is 29.4 Å². The summed E-state index contributed by atoms with van der Waals surface area (Å²) in [5.74, 6) is -3.36. The topological polar surface area (TPSA) is 151 Å². The summed E-state index contributed by atoms with van der Waals surface area (Å²) in [7, 11) is 2.69. The molecule has 1 rings (SSSR count). The smallest absolute Gasteiger partial charge is 0.339 e. The number of benzene rings is 1. The van der Waals surface area contributed by atoms with Gasteiger partial charge in [0, 0.05) is 33.4 Å². The number of methoxy groups -OCH3 is 1. The fourth-order valence-electron chi connectivity index (χ4n) is 5.13. The lowest BCUT2D eigenvalue weighted by Crippen LogP contribution is -2.57. The van der Waals surface area contributed by atoms with E-state index < -0.39 is 42.0 Å². The SMILES string of the molecule is CCCCCCCC(=O)CCCCCC/C=C/[C@H](C(=O)N[C@@H](Cc1ccc(OCCCC)cc1)C(=O)NC)[C@@](O)(COC)C(=O)O. The highest BCUT2D eigenvalue weighted by Crippen LogP contribution is 2.23. The predicted molar refractivity (Wildman–Crippen MR) is 180 cm³/mol. The number of nitrogens with one attached hydrogen (secondary N) is 2. The van der Waals surface area contributed by atoms with Gasteiger partial charge in [-0.1, -0.05) is 83.1 Å². The van der Waals surface area contributed by atoms with Crippen molar-refractivity contribution in [1.29, 1.82) is 0 Å². The van der Waals surface area contributed by atoms with E-state index in [0.717, 1.165) is 56.9 Å². The zero-order valence-corrected chi connectivity index (χ0v) is 28.5. The summed E-state index contributed by atoms with van der Waals surface area (Å²) < 4.78 is 10.7. The molecule has 46 heavy (non-hydrogen) atoms. The van der Waals surface area contributed by atoms with Crippen LogP contribution in [0.3, 0.4) is 0 Å². The summed E-state index contributed by atoms with van der Waals surface area (Å²) in [6, 6.07) is 6.20. The van der Waals surface area contributed by atoms with E-state index in [-0.39, 0.29) is 6.42 Å². The highest BCUT2D eigenvalue weighted by atomic mass is 16.5. The molecule has 3 atom stereocenters. The molecule has 2 amide bonds. The number of allylic oxidation sites excluding steroid dienone is 1. The Morgan fingerprint density at radius 1 is 0.870 bits per heavy atom. The van der Waals surface area contributed by atoms with Crippen molar-refractivity contribution in [3.8, 4) is 5.75 Å². The standard InChI is InChI=1S/C36H58N2O8/c1-5-7-9-12-15-18-29(39)19-16-13-10-11-14-17-20-31(36(44,27-45-4)35(42)43)33(40)38-32(34(41)37-3)26-28-21-23-30(24-22-28)46-25-8-6-2/h17,20-24,31-32,44H,5-16,18-19,25-27H2,1-4H3,(H,37,41)(H,38,40)(H,42,43)/b20-17+/t31-,32+,36+/m1/s1. The van der Waals surface area contributed by atoms with Gasteiger partial charge in [0.1, 0.15) is 17.6 Å². The molecule has 0 spiro atoms. The minimum Gasteiger partial charge on any atom is -0.494 e. The van der Waals surface area contributed by atoms with Crippen molar-refractivity contribution in [1.82, 2.24) is 10.6 Å². The summed E-state index contributed by atoms with van der Waals surface area (Å²) in [5.41, 5.74) is -1.78. The first-order valence-corrected chi connectivity index (χ1v) is 17.0. The third kappa shape index (κ3) is 15.9. The van der Waals surface area contributed by atoms with Crippen molar-refractivity contribution in [2.75, 3.05) is 27.4 Å². The lowest BCUT2D eigenvalue weighted by molar-refractivity contribution is -0.173. The van der Waals surface area contributed by atoms with E-state index in [1.807, 2.05) is 12.1 Å². The number of likely N-dealkylation sites (N-methyl/N-ethyl adjacent to an activating group) is 1. The van der Waals surface area contributed by atoms with Crippen LogP contribution in [-0.4, -0.2) is 72.8 Å². The second kappa shape index (κ2) is 24.0. The number of carboxylic acids is 1. The maximum absolute atomic E-state index is 13.5. The number of carbonyl (C=O) groups excluding carboxylic acids is 3. The summed E-state index contributed by atoms with van der Waals surface area (Å²) in [5, 5.41) is 26.2. The highest BCUT2D eigenvalue weighted by molar-refractivity contribution is 5.93. The van der Waals surface area contributed by atoms with Crippen LogP contribution < -0.4 is 15.4 Å². The van der Waals surface area contributed by atoms with Gasteiger partial charge in [-0.2, -0.15) is 0 Å². The van der Waals surface area contributed by atoms with Crippen LogP contribution in [0.2, 0.25) is 0 Å². The molecule has 0 radical (unpaired) electrons. The Balaban J connectivity index is 2.81. The molecule has 0 heterocycles. The quantitative estimate of drug-likeness (QED) is 0.0718. The zero-order chi connectivity index (χ0) is 34.2. The van der Waals surface area contributed by atoms with Gasteiger partial charge in [0.05, 0.1) is 19.1 Å². The Labute approximate surface area is 275 Å². The van der Waals surface area contributed by atoms with E-state index in [4.69, 9.17) is 9.47 Å². The molecule has 4 N–H and O–H groups in total. The molecule has 0 aliphatic carbocycles. The molecule has 0 bridgehead atoms. The molecule has 260 valence electrons. The number of hydrogen-bond acceptors (Lipinski definition) is 7. The van der Waals surface area contributed by atoms with Crippen LogP contribution in [0.5, 0.6) is 5.75 Å². The van der Waals surface area contributed by atoms with Crippen molar-refractivity contribution in [3.05, 3.63) is 42.0 Å². The minimum absolute atomic E-state index is 0.147. The molecule has 1 aromatic rings. The van der Waals surface area contributed by atoms with Crippen LogP contribution in [0.25, 0.3) is 0 Å². The molecule has 0 saturated carbocycles. The number of amides is 2. The van der Waals surface area contributed by atoms with E-state index in [1.54, 1.807) is 18.2 Å². The van der Waals surface area contributed by atoms with Crippen molar-refractivity contribution < 1.29 is 38.9 Å². The number of carbonyl (C=O) groups is 4. The fraction of sp³-hybridized carbons (Fsp3) is 0.667. The summed E-state index contributed by atoms with van der Waals surface area (Å²) in [4.78, 5) is 50.5. The molecular weight excluding hydrogens is 588 g/mol. The maximum atomic E-state index is 13.5. The van der Waals surface area contributed by atoms with Crippen LogP contribution in [0.15, 0.2) is 36.4 Å². The largest absolute Gasteiger partial charge is 0.494 e. The molecule has 10 nitrogen and oxygen atoms in total. The Hall–Kier alpha value is -3.24. The molecule has 0 saturated heterocycles. The molecule has 0 aliphatic heterocycles. The molecule has 1 aromatic carbocycles. The lowest BCUT2D eigenvalue weighted by Gasteiger charge is -2.30. The van der Waals surface area contributed by atoms with Gasteiger partial charge in [0.15, 0.2) is 5.60 Å². The summed E-state index contributed by atoms with van der Waals surface area (Å²) in [6.07, 6.45) is 16.1. The van der Waals surface area contributed by atoms with Gasteiger partial charge in [-0.05, 0) is 49.8 Å². The Bertz CT molecular complexity index is 1060. The van der Waals surface area contributed by atoms with E-state index in [2.05, 4.69) is 24.5 Å². The van der Waals surface area contributed by atoms with Gasteiger partial charge in [-0.15, -0.1) is 0 Å². The van der Waals surface area contributed by atoms with Crippen LogP contribution in [0, 0.1) is 5.92 Å². The van der Waals surface area contributed by atoms with E-state index in [1.165, 1.54) is 39.5 Å². The fourth-order valence-corrected chi connectivity index (χ4v) is 5.13. The lowest BCUT2D eigenvalue weighted by atomic mass is 9.86. The van der Waals surface area contributed by atoms with Crippen molar-refractivity contribution in [2.24, 2.45) is 5.92 Å². The highest BCUT2D eigenvalue weighted by Gasteiger charge is 2.47. The number of carboxylic acid groups (broad SMARTS) is 1. The van der Waals surface area contributed by atoms with E-state index >= 15 is 0 Å². The van der Waals surface area contributed by atoms with Gasteiger partial charge < -0.3 is 30.3 Å². The molecular formula is C36H58N2O8. The number of ketones is 1. The normalized spacial score (nSPS) is 13.9. The first-order valence-electron chi connectivity index (χ1n) is 17.0. The van der Waals surface area contributed by atoms with Crippen molar-refractivity contribution in [3.63, 3.8) is 0 Å². The van der Waals surface area contributed by atoms with Crippen LogP contribution >= 0.6 is 0 Å². The van der Waals surface area contributed by atoms with Gasteiger partial charge in [0.2, 0.25) is 11.8 Å². The molecule has 10 heteroatoms. The van der Waals surface area contributed by atoms with Crippen molar-refractivity contribution in [2.45, 2.75) is 122 Å². The first-order chi connectivity index (χ1) is 22.1. The van der Waals surface area contributed by atoms with Crippen LogP contribution in [0.4, 0.5) is 0 Å². The first kappa shape index (κ1) is 40.8. The minimum atomic E-state index is -2.54. The number of Topliss-reactive ketones (excluding diaryl/α,β-unsaturated/α-hetero) is 1. The average molecular weight is 647 g/mol. The maximum Gasteiger partial charge on any atom is 0.339 e. The summed E-state index contributed by atoms with van der Waals surface area (Å²) in [6.45, 7) is 4.24.